The van der Waals surface area contributed by atoms with Crippen molar-refractivity contribution in [2.75, 3.05) is 13.1 Å². The maximum atomic E-state index is 14.3. The van der Waals surface area contributed by atoms with Crippen LogP contribution in [0, 0.1) is 0 Å². The number of aromatic amines is 1. The van der Waals surface area contributed by atoms with E-state index in [0.717, 1.165) is 17.0 Å². The Morgan fingerprint density at radius 1 is 1.02 bits per heavy atom. The van der Waals surface area contributed by atoms with Gasteiger partial charge in [-0.3, -0.25) is 14.8 Å². The van der Waals surface area contributed by atoms with E-state index in [4.69, 9.17) is 20.8 Å². The Hall–Kier alpha value is -4.65. The third-order valence-electron chi connectivity index (χ3n) is 6.74. The molecule has 43 heavy (non-hydrogen) atoms. The minimum Gasteiger partial charge on any atom is -0.457 e. The molecule has 1 amide bonds. The highest BCUT2D eigenvalue weighted by molar-refractivity contribution is 6.30. The van der Waals surface area contributed by atoms with Crippen LogP contribution in [0.15, 0.2) is 86.0 Å². The van der Waals surface area contributed by atoms with Gasteiger partial charge in [0.15, 0.2) is 5.58 Å². The normalized spacial score (nSPS) is 17.1. The van der Waals surface area contributed by atoms with Gasteiger partial charge in [-0.2, -0.15) is 0 Å². The van der Waals surface area contributed by atoms with Gasteiger partial charge in [0.25, 0.3) is 11.8 Å². The van der Waals surface area contributed by atoms with Crippen molar-refractivity contribution in [1.29, 1.82) is 0 Å². The first-order chi connectivity index (χ1) is 20.3. The van der Waals surface area contributed by atoms with Crippen LogP contribution in [0.5, 0.6) is 17.2 Å². The average molecular weight is 620 g/mol. The second-order valence-electron chi connectivity index (χ2n) is 10.0. The number of H-pyrrole nitrogens is 1. The van der Waals surface area contributed by atoms with Gasteiger partial charge in [0, 0.05) is 34.7 Å². The van der Waals surface area contributed by atoms with E-state index in [-0.39, 0.29) is 34.2 Å². The van der Waals surface area contributed by atoms with E-state index < -0.39 is 42.3 Å². The van der Waals surface area contributed by atoms with Gasteiger partial charge >= 0.3 is 12.1 Å². The number of nitrogens with zero attached hydrogens (tertiary/aromatic N) is 2. The Morgan fingerprint density at radius 3 is 2.44 bits per heavy atom. The number of carbonyl (C=O) groups excluding carboxylic acids is 1. The summed E-state index contributed by atoms with van der Waals surface area (Å²) in [5.74, 6) is -4.93. The molecule has 2 aliphatic rings. The molecule has 1 aromatic heterocycles. The van der Waals surface area contributed by atoms with Gasteiger partial charge in [0.2, 0.25) is 0 Å². The Bertz CT molecular complexity index is 1870. The minimum absolute atomic E-state index is 0.0425. The van der Waals surface area contributed by atoms with Gasteiger partial charge in [0.05, 0.1) is 30.4 Å². The topological polar surface area (TPSA) is 97.1 Å². The van der Waals surface area contributed by atoms with Crippen molar-refractivity contribution < 1.29 is 40.6 Å². The largest absolute Gasteiger partial charge is 0.573 e. The maximum Gasteiger partial charge on any atom is 0.573 e. The van der Waals surface area contributed by atoms with Crippen molar-refractivity contribution in [2.24, 2.45) is 4.99 Å². The number of aliphatic imine (C=N–C) groups is 1. The molecular weight excluding hydrogens is 601 g/mol. The van der Waals surface area contributed by atoms with Crippen molar-refractivity contribution >= 4 is 34.3 Å². The number of ether oxygens (including phenoxy) is 2. The summed E-state index contributed by atoms with van der Waals surface area (Å²) in [6.45, 7) is -0.207. The molecule has 8 nitrogen and oxygen atoms in total. The number of alkyl halides is 5. The molecular formula is C29H19ClF5N3O5. The maximum absolute atomic E-state index is 14.3. The van der Waals surface area contributed by atoms with Gasteiger partial charge in [0.1, 0.15) is 17.2 Å². The zero-order valence-electron chi connectivity index (χ0n) is 22.0. The van der Waals surface area contributed by atoms with E-state index in [1.165, 1.54) is 18.2 Å². The lowest BCUT2D eigenvalue weighted by Crippen LogP contribution is -2.40. The van der Waals surface area contributed by atoms with Crippen molar-refractivity contribution in [1.82, 2.24) is 9.88 Å². The molecule has 4 aromatic rings. The fraction of sp³-hybridized carbons (Fsp3) is 0.207. The molecule has 2 aliphatic heterocycles. The van der Waals surface area contributed by atoms with Crippen LogP contribution in [0.25, 0.3) is 11.1 Å². The fourth-order valence-electron chi connectivity index (χ4n) is 5.24. The molecule has 0 aliphatic carbocycles. The highest BCUT2D eigenvalue weighted by Crippen LogP contribution is 2.45. The molecule has 0 radical (unpaired) electrons. The molecule has 0 saturated carbocycles. The lowest BCUT2D eigenvalue weighted by Gasteiger charge is -2.30. The minimum atomic E-state index is -4.93. The number of rotatable bonds is 7. The lowest BCUT2D eigenvalue weighted by molar-refractivity contribution is -0.274. The van der Waals surface area contributed by atoms with Crippen LogP contribution < -0.4 is 15.2 Å². The van der Waals surface area contributed by atoms with Gasteiger partial charge in [-0.25, -0.2) is 13.6 Å². The highest BCUT2D eigenvalue weighted by Gasteiger charge is 2.47. The van der Waals surface area contributed by atoms with Gasteiger partial charge in [-0.1, -0.05) is 29.8 Å². The molecule has 0 spiro atoms. The van der Waals surface area contributed by atoms with E-state index in [1.807, 2.05) is 0 Å². The molecule has 14 heteroatoms. The smallest absolute Gasteiger partial charge is 0.457 e. The van der Waals surface area contributed by atoms with Crippen molar-refractivity contribution in [3.8, 4) is 17.2 Å². The Labute approximate surface area is 244 Å². The predicted molar refractivity (Wildman–Crippen MR) is 145 cm³/mol. The number of para-hydroxylation sites is 1. The molecule has 0 saturated heterocycles. The van der Waals surface area contributed by atoms with Crippen LogP contribution in [-0.2, 0) is 4.79 Å². The third kappa shape index (κ3) is 5.72. The first kappa shape index (κ1) is 28.5. The summed E-state index contributed by atoms with van der Waals surface area (Å²) in [7, 11) is 0. The summed E-state index contributed by atoms with van der Waals surface area (Å²) in [6.07, 6.45) is -4.93. The average Bonchev–Trinajstić information content (AvgIpc) is 3.56. The molecule has 1 atom stereocenters. The standard InChI is InChI=1S/C29H19ClF5N3O5/c1-28(31,32)13-38-24(14-5-7-16(8-6-14)41-17-9-15(30)10-18(11-17)43-29(33,34)35)22-20(26(38)39)12-36-23(22)19-3-2-4-21-25(19)42-27(40)37-21/h2-11,24H,12-13H2,1H3,(H,37,40). The molecule has 0 bridgehead atoms. The summed E-state index contributed by atoms with van der Waals surface area (Å²) in [4.78, 5) is 33.5. The van der Waals surface area contributed by atoms with Crippen LogP contribution in [0.4, 0.5) is 22.0 Å². The van der Waals surface area contributed by atoms with Crippen molar-refractivity contribution in [3.63, 3.8) is 0 Å². The quantitative estimate of drug-likeness (QED) is 0.230. The number of nitrogens with one attached hydrogen (secondary N) is 1. The molecule has 1 N–H and O–H groups in total. The second-order valence-corrected chi connectivity index (χ2v) is 10.4. The van der Waals surface area contributed by atoms with E-state index in [1.54, 1.807) is 30.3 Å². The van der Waals surface area contributed by atoms with E-state index in [0.29, 0.717) is 34.9 Å². The first-order valence-electron chi connectivity index (χ1n) is 12.7. The first-order valence-corrected chi connectivity index (χ1v) is 13.1. The SMILES string of the molecule is CC(F)(F)CN1C(=O)C2=C(C(c3cccc4[nH]c(=O)oc34)=NC2)C1c1ccc(Oc2cc(Cl)cc(OC(F)(F)F)c2)cc1. The molecule has 3 heterocycles. The molecule has 1 unspecified atom stereocenters. The van der Waals surface area contributed by atoms with Crippen molar-refractivity contribution in [3.05, 3.63) is 98.5 Å². The lowest BCUT2D eigenvalue weighted by atomic mass is 9.91. The Kier molecular flexibility index (Phi) is 6.79. The van der Waals surface area contributed by atoms with Crippen LogP contribution >= 0.6 is 11.6 Å². The zero-order valence-corrected chi connectivity index (χ0v) is 22.7. The third-order valence-corrected chi connectivity index (χ3v) is 6.96. The fourth-order valence-corrected chi connectivity index (χ4v) is 5.45. The molecule has 3 aromatic carbocycles. The predicted octanol–water partition coefficient (Wildman–Crippen LogP) is 6.80. The summed E-state index contributed by atoms with van der Waals surface area (Å²) in [5.41, 5.74) is 2.47. The Morgan fingerprint density at radius 2 is 1.74 bits per heavy atom. The number of carbonyl (C=O) groups is 1. The summed E-state index contributed by atoms with van der Waals surface area (Å²) >= 11 is 5.92. The van der Waals surface area contributed by atoms with Crippen LogP contribution in [0.1, 0.15) is 24.1 Å². The van der Waals surface area contributed by atoms with Gasteiger partial charge in [-0.15, -0.1) is 13.2 Å². The van der Waals surface area contributed by atoms with E-state index in [2.05, 4.69) is 14.7 Å². The molecule has 0 fully saturated rings. The van der Waals surface area contributed by atoms with E-state index >= 15 is 0 Å². The Balaban J connectivity index is 1.35. The van der Waals surface area contributed by atoms with E-state index in [9.17, 15) is 31.5 Å². The summed E-state index contributed by atoms with van der Waals surface area (Å²) in [6, 6.07) is 13.3. The van der Waals surface area contributed by atoms with Crippen LogP contribution in [-0.4, -0.2) is 46.9 Å². The number of benzene rings is 3. The van der Waals surface area contributed by atoms with Gasteiger partial charge in [-0.05, 0) is 42.0 Å². The number of hydrogen-bond donors (Lipinski definition) is 1. The van der Waals surface area contributed by atoms with Crippen LogP contribution in [0.2, 0.25) is 5.02 Å². The number of aromatic nitrogens is 1. The molecule has 6 rings (SSSR count). The monoisotopic (exact) mass is 619 g/mol. The second kappa shape index (κ2) is 10.3. The van der Waals surface area contributed by atoms with Crippen LogP contribution in [0.3, 0.4) is 0 Å². The number of halogens is 6. The summed E-state index contributed by atoms with van der Waals surface area (Å²) < 4.78 is 81.6. The number of oxazole rings is 1. The highest BCUT2D eigenvalue weighted by atomic mass is 35.5. The number of fused-ring (bicyclic) bond motifs is 1. The molecule has 222 valence electrons. The summed E-state index contributed by atoms with van der Waals surface area (Å²) in [5, 5.41) is -0.0604. The van der Waals surface area contributed by atoms with Gasteiger partial charge < -0.3 is 18.8 Å². The van der Waals surface area contributed by atoms with Crippen molar-refractivity contribution in [2.45, 2.75) is 25.3 Å². The zero-order chi connectivity index (χ0) is 30.7. The number of hydrogen-bond acceptors (Lipinski definition) is 6. The number of amides is 1.